The van der Waals surface area contributed by atoms with Crippen LogP contribution in [0.2, 0.25) is 0 Å². The van der Waals surface area contributed by atoms with Crippen LogP contribution in [0, 0.1) is 13.8 Å². The van der Waals surface area contributed by atoms with Gasteiger partial charge in [0, 0.05) is 30.9 Å². The highest BCUT2D eigenvalue weighted by Crippen LogP contribution is 2.26. The number of aryl methyl sites for hydroxylation is 1. The fourth-order valence-corrected chi connectivity index (χ4v) is 3.10. The van der Waals surface area contributed by atoms with E-state index in [9.17, 15) is 0 Å². The predicted octanol–water partition coefficient (Wildman–Crippen LogP) is 2.75. The number of hydrogen-bond donors (Lipinski definition) is 1. The summed E-state index contributed by atoms with van der Waals surface area (Å²) in [6.07, 6.45) is 1.55. The van der Waals surface area contributed by atoms with Crippen molar-refractivity contribution in [2.75, 3.05) is 12.3 Å². The fraction of sp³-hybridized carbons (Fsp3) is 0.625. The van der Waals surface area contributed by atoms with Gasteiger partial charge in [-0.15, -0.1) is 0 Å². The smallest absolute Gasteiger partial charge is 0.145 e. The molecule has 0 aliphatic heterocycles. The second-order valence-corrected chi connectivity index (χ2v) is 6.24. The van der Waals surface area contributed by atoms with Gasteiger partial charge in [0.15, 0.2) is 0 Å². The Morgan fingerprint density at radius 2 is 1.76 bits per heavy atom. The van der Waals surface area contributed by atoms with Gasteiger partial charge in [0.25, 0.3) is 0 Å². The van der Waals surface area contributed by atoms with Crippen LogP contribution in [0.3, 0.4) is 0 Å². The molecule has 21 heavy (non-hydrogen) atoms. The minimum atomic E-state index is 0.535. The van der Waals surface area contributed by atoms with Crippen LogP contribution in [-0.2, 0) is 6.54 Å². The molecule has 0 aromatic carbocycles. The van der Waals surface area contributed by atoms with Gasteiger partial charge in [-0.05, 0) is 47.1 Å². The Bertz CT molecular complexity index is 619. The Morgan fingerprint density at radius 3 is 2.33 bits per heavy atom. The van der Waals surface area contributed by atoms with E-state index in [1.165, 1.54) is 11.3 Å². The van der Waals surface area contributed by atoms with Gasteiger partial charge < -0.3 is 10.3 Å². The van der Waals surface area contributed by atoms with Crippen molar-refractivity contribution >= 4 is 16.9 Å². The van der Waals surface area contributed by atoms with Crippen LogP contribution < -0.4 is 5.73 Å². The summed E-state index contributed by atoms with van der Waals surface area (Å²) in [5.41, 5.74) is 9.38. The molecule has 0 radical (unpaired) electrons. The number of nitrogens with zero attached hydrogens (tertiary/aromatic N) is 4. The van der Waals surface area contributed by atoms with Crippen molar-refractivity contribution in [1.29, 1.82) is 0 Å². The maximum absolute atomic E-state index is 6.02. The molecule has 0 aliphatic carbocycles. The molecular weight excluding hydrogens is 262 g/mol. The molecule has 2 N–H and O–H groups in total. The van der Waals surface area contributed by atoms with E-state index < -0.39 is 0 Å². The first-order valence-corrected chi connectivity index (χ1v) is 7.66. The molecule has 2 heterocycles. The lowest BCUT2D eigenvalue weighted by Crippen LogP contribution is -2.39. The van der Waals surface area contributed by atoms with Gasteiger partial charge >= 0.3 is 0 Å². The Labute approximate surface area is 127 Å². The lowest BCUT2D eigenvalue weighted by atomic mass is 10.2. The van der Waals surface area contributed by atoms with Gasteiger partial charge in [0.2, 0.25) is 0 Å². The first-order valence-electron chi connectivity index (χ1n) is 7.66. The summed E-state index contributed by atoms with van der Waals surface area (Å²) in [6.45, 7) is 15.1. The number of aromatic nitrogens is 3. The summed E-state index contributed by atoms with van der Waals surface area (Å²) in [5, 5.41) is 0.996. The predicted molar refractivity (Wildman–Crippen MR) is 88.4 cm³/mol. The summed E-state index contributed by atoms with van der Waals surface area (Å²) in [4.78, 5) is 11.1. The second kappa shape index (κ2) is 6.02. The normalized spacial score (nSPS) is 12.2. The molecule has 2 rings (SSSR count). The van der Waals surface area contributed by atoms with Crippen LogP contribution in [0.25, 0.3) is 11.0 Å². The standard InChI is InChI=1S/C16H27N5/c1-10(2)20(11(3)4)7-8-21-13(6)12(5)14-15(17)18-9-19-16(14)21/h9-11H,7-8H2,1-6H3,(H2,17,18,19). The third-order valence-electron chi connectivity index (χ3n) is 4.34. The van der Waals surface area contributed by atoms with Crippen molar-refractivity contribution < 1.29 is 0 Å². The number of fused-ring (bicyclic) bond motifs is 1. The van der Waals surface area contributed by atoms with E-state index in [0.29, 0.717) is 17.9 Å². The lowest BCUT2D eigenvalue weighted by Gasteiger charge is -2.30. The highest BCUT2D eigenvalue weighted by molar-refractivity contribution is 5.90. The van der Waals surface area contributed by atoms with Crippen LogP contribution in [0.5, 0.6) is 0 Å². The third kappa shape index (κ3) is 2.88. The molecule has 0 saturated carbocycles. The number of hydrogen-bond acceptors (Lipinski definition) is 4. The molecule has 2 aromatic heterocycles. The second-order valence-electron chi connectivity index (χ2n) is 6.24. The monoisotopic (exact) mass is 289 g/mol. The zero-order chi connectivity index (χ0) is 15.7. The summed E-state index contributed by atoms with van der Waals surface area (Å²) < 4.78 is 2.26. The molecule has 0 unspecified atom stereocenters. The van der Waals surface area contributed by atoms with Gasteiger partial charge in [-0.1, -0.05) is 0 Å². The zero-order valence-electron chi connectivity index (χ0n) is 14.0. The van der Waals surface area contributed by atoms with Crippen molar-refractivity contribution in [2.45, 2.75) is 60.2 Å². The largest absolute Gasteiger partial charge is 0.383 e. The average molecular weight is 289 g/mol. The van der Waals surface area contributed by atoms with Crippen LogP contribution in [0.15, 0.2) is 6.33 Å². The number of rotatable bonds is 5. The Balaban J connectivity index is 2.35. The molecule has 0 saturated heterocycles. The van der Waals surface area contributed by atoms with Gasteiger partial charge in [0.05, 0.1) is 5.39 Å². The molecule has 2 aromatic rings. The molecular formula is C16H27N5. The highest BCUT2D eigenvalue weighted by Gasteiger charge is 2.17. The van der Waals surface area contributed by atoms with E-state index in [2.05, 4.69) is 61.0 Å². The number of anilines is 1. The van der Waals surface area contributed by atoms with E-state index in [-0.39, 0.29) is 0 Å². The Kier molecular flexibility index (Phi) is 4.52. The SMILES string of the molecule is Cc1c(C)n(CCN(C(C)C)C(C)C)c2ncnc(N)c12. The molecule has 0 amide bonds. The first kappa shape index (κ1) is 15.8. The van der Waals surface area contributed by atoms with Crippen LogP contribution in [-0.4, -0.2) is 38.1 Å². The zero-order valence-corrected chi connectivity index (χ0v) is 14.0. The molecule has 5 heteroatoms. The highest BCUT2D eigenvalue weighted by atomic mass is 15.2. The molecule has 116 valence electrons. The maximum Gasteiger partial charge on any atom is 0.145 e. The average Bonchev–Trinajstić information content (AvgIpc) is 2.64. The van der Waals surface area contributed by atoms with Crippen molar-refractivity contribution in [3.8, 4) is 0 Å². The van der Waals surface area contributed by atoms with Crippen molar-refractivity contribution in [3.63, 3.8) is 0 Å². The third-order valence-corrected chi connectivity index (χ3v) is 4.34. The van der Waals surface area contributed by atoms with Crippen molar-refractivity contribution in [1.82, 2.24) is 19.4 Å². The van der Waals surface area contributed by atoms with Crippen LogP contribution in [0.1, 0.15) is 39.0 Å². The van der Waals surface area contributed by atoms with Crippen LogP contribution in [0.4, 0.5) is 5.82 Å². The lowest BCUT2D eigenvalue weighted by molar-refractivity contribution is 0.168. The quantitative estimate of drug-likeness (QED) is 0.919. The molecule has 0 fully saturated rings. The van der Waals surface area contributed by atoms with E-state index in [1.807, 2.05) is 0 Å². The van der Waals surface area contributed by atoms with Crippen molar-refractivity contribution in [3.05, 3.63) is 17.6 Å². The molecule has 5 nitrogen and oxygen atoms in total. The van der Waals surface area contributed by atoms with Gasteiger partial charge in [-0.25, -0.2) is 9.97 Å². The Morgan fingerprint density at radius 1 is 1.14 bits per heavy atom. The van der Waals surface area contributed by atoms with Crippen LogP contribution >= 0.6 is 0 Å². The number of nitrogens with two attached hydrogens (primary N) is 1. The number of nitrogen functional groups attached to an aromatic ring is 1. The van der Waals surface area contributed by atoms with Gasteiger partial charge in [-0.3, -0.25) is 4.90 Å². The summed E-state index contributed by atoms with van der Waals surface area (Å²) in [5.74, 6) is 0.573. The van der Waals surface area contributed by atoms with Gasteiger partial charge in [-0.2, -0.15) is 0 Å². The fourth-order valence-electron chi connectivity index (χ4n) is 3.10. The topological polar surface area (TPSA) is 60.0 Å². The molecule has 0 aliphatic rings. The first-order chi connectivity index (χ1) is 9.84. The van der Waals surface area contributed by atoms with E-state index in [0.717, 1.165) is 24.1 Å². The minimum absolute atomic E-state index is 0.535. The Hall–Kier alpha value is -1.62. The summed E-state index contributed by atoms with van der Waals surface area (Å²) in [6, 6.07) is 1.07. The van der Waals surface area contributed by atoms with E-state index in [4.69, 9.17) is 5.73 Å². The van der Waals surface area contributed by atoms with E-state index in [1.54, 1.807) is 6.33 Å². The molecule has 0 spiro atoms. The van der Waals surface area contributed by atoms with Gasteiger partial charge in [0.1, 0.15) is 17.8 Å². The van der Waals surface area contributed by atoms with Crippen molar-refractivity contribution in [2.24, 2.45) is 0 Å². The molecule has 0 bridgehead atoms. The maximum atomic E-state index is 6.02. The summed E-state index contributed by atoms with van der Waals surface area (Å²) >= 11 is 0. The minimum Gasteiger partial charge on any atom is -0.383 e. The summed E-state index contributed by atoms with van der Waals surface area (Å²) in [7, 11) is 0. The van der Waals surface area contributed by atoms with E-state index >= 15 is 0 Å². The molecule has 0 atom stereocenters.